The lowest BCUT2D eigenvalue weighted by atomic mass is 10.0. The first-order chi connectivity index (χ1) is 13.1. The Morgan fingerprint density at radius 1 is 1.15 bits per heavy atom. The molecule has 27 heavy (non-hydrogen) atoms. The van der Waals surface area contributed by atoms with Gasteiger partial charge in [-0.1, -0.05) is 36.4 Å². The van der Waals surface area contributed by atoms with Crippen LogP contribution in [0.5, 0.6) is 6.01 Å². The van der Waals surface area contributed by atoms with E-state index in [1.54, 1.807) is 29.1 Å². The van der Waals surface area contributed by atoms with Crippen LogP contribution in [0.3, 0.4) is 0 Å². The van der Waals surface area contributed by atoms with Gasteiger partial charge >= 0.3 is 6.01 Å². The van der Waals surface area contributed by atoms with Crippen LogP contribution in [0.2, 0.25) is 0 Å². The van der Waals surface area contributed by atoms with Crippen LogP contribution in [0, 0.1) is 6.92 Å². The number of amides is 1. The second kappa shape index (κ2) is 8.24. The van der Waals surface area contributed by atoms with Crippen molar-refractivity contribution in [1.82, 2.24) is 20.0 Å². The van der Waals surface area contributed by atoms with Crippen molar-refractivity contribution in [3.05, 3.63) is 72.2 Å². The summed E-state index contributed by atoms with van der Waals surface area (Å²) in [5, 5.41) is 0. The molecular formula is C19H19N5O3. The number of nitrogens with two attached hydrogens (primary N) is 1. The highest BCUT2D eigenvalue weighted by atomic mass is 16.7. The maximum Gasteiger partial charge on any atom is 0.322 e. The Bertz CT molecular complexity index is 925. The van der Waals surface area contributed by atoms with Crippen LogP contribution >= 0.6 is 0 Å². The van der Waals surface area contributed by atoms with E-state index >= 15 is 0 Å². The van der Waals surface area contributed by atoms with Gasteiger partial charge < -0.3 is 10.6 Å². The second-order valence-corrected chi connectivity index (χ2v) is 5.90. The number of ketones is 1. The lowest BCUT2D eigenvalue weighted by Crippen LogP contribution is -2.46. The number of nitrogens with one attached hydrogen (secondary N) is 1. The van der Waals surface area contributed by atoms with Crippen LogP contribution in [0.25, 0.3) is 5.82 Å². The minimum atomic E-state index is -1.03. The largest absolute Gasteiger partial charge is 0.369 e. The van der Waals surface area contributed by atoms with Crippen molar-refractivity contribution < 1.29 is 14.4 Å². The normalized spacial score (nSPS) is 11.7. The van der Waals surface area contributed by atoms with Crippen molar-refractivity contribution in [2.75, 3.05) is 0 Å². The number of nitrogens with zero attached hydrogens (tertiary/aromatic N) is 3. The van der Waals surface area contributed by atoms with Gasteiger partial charge in [-0.3, -0.25) is 9.59 Å². The predicted octanol–water partition coefficient (Wildman–Crippen LogP) is 1.12. The summed E-state index contributed by atoms with van der Waals surface area (Å²) in [4.78, 5) is 37.6. The molecule has 2 aromatic heterocycles. The molecule has 0 bridgehead atoms. The van der Waals surface area contributed by atoms with Gasteiger partial charge in [-0.05, 0) is 31.0 Å². The summed E-state index contributed by atoms with van der Waals surface area (Å²) in [7, 11) is 0. The minimum absolute atomic E-state index is 0.196. The molecule has 0 fully saturated rings. The zero-order valence-electron chi connectivity index (χ0n) is 14.7. The molecule has 0 radical (unpaired) electrons. The van der Waals surface area contributed by atoms with E-state index in [1.165, 1.54) is 0 Å². The van der Waals surface area contributed by atoms with Crippen molar-refractivity contribution in [1.29, 1.82) is 0 Å². The highest BCUT2D eigenvalue weighted by molar-refractivity contribution is 6.37. The Kier molecular flexibility index (Phi) is 5.58. The molecule has 0 aliphatic heterocycles. The average molecular weight is 365 g/mol. The van der Waals surface area contributed by atoms with Gasteiger partial charge in [0.15, 0.2) is 0 Å². The van der Waals surface area contributed by atoms with E-state index < -0.39 is 17.7 Å². The van der Waals surface area contributed by atoms with Crippen molar-refractivity contribution in [3.63, 3.8) is 0 Å². The van der Waals surface area contributed by atoms with Gasteiger partial charge in [0.2, 0.25) is 5.78 Å². The van der Waals surface area contributed by atoms with Gasteiger partial charge in [0, 0.05) is 11.9 Å². The molecular weight excluding hydrogens is 346 g/mol. The fourth-order valence-corrected chi connectivity index (χ4v) is 2.58. The molecule has 1 unspecified atom stereocenters. The van der Waals surface area contributed by atoms with E-state index in [1.807, 2.05) is 43.3 Å². The maximum atomic E-state index is 12.2. The Morgan fingerprint density at radius 3 is 2.56 bits per heavy atom. The molecule has 2 heterocycles. The molecule has 138 valence electrons. The first-order valence-corrected chi connectivity index (χ1v) is 8.32. The molecule has 1 atom stereocenters. The Hall–Kier alpha value is -3.52. The van der Waals surface area contributed by atoms with E-state index in [2.05, 4.69) is 15.4 Å². The maximum absolute atomic E-state index is 12.2. The number of aromatic nitrogens is 3. The zero-order valence-corrected chi connectivity index (χ0v) is 14.7. The molecule has 8 nitrogen and oxygen atoms in total. The van der Waals surface area contributed by atoms with Crippen LogP contribution < -0.4 is 16.1 Å². The summed E-state index contributed by atoms with van der Waals surface area (Å²) >= 11 is 0. The van der Waals surface area contributed by atoms with E-state index in [4.69, 9.17) is 10.6 Å². The summed E-state index contributed by atoms with van der Waals surface area (Å²) in [6, 6.07) is 14.0. The number of carbonyl (C=O) groups excluding carboxylic acids is 2. The summed E-state index contributed by atoms with van der Waals surface area (Å²) in [6.45, 7) is 1.85. The molecule has 1 aromatic carbocycles. The lowest BCUT2D eigenvalue weighted by Gasteiger charge is -2.17. The number of primary amides is 1. The first kappa shape index (κ1) is 18.3. The van der Waals surface area contributed by atoms with Gasteiger partial charge in [0.25, 0.3) is 5.91 Å². The molecule has 0 aliphatic carbocycles. The summed E-state index contributed by atoms with van der Waals surface area (Å²) in [5.41, 5.74) is 9.45. The van der Waals surface area contributed by atoms with Gasteiger partial charge in [0.1, 0.15) is 11.9 Å². The fourth-order valence-electron chi connectivity index (χ4n) is 2.58. The lowest BCUT2D eigenvalue weighted by molar-refractivity contribution is -0.138. The molecule has 0 spiro atoms. The van der Waals surface area contributed by atoms with Crippen LogP contribution in [0.15, 0.2) is 60.9 Å². The summed E-state index contributed by atoms with van der Waals surface area (Å²) < 4.78 is 1.68. The highest BCUT2D eigenvalue weighted by Gasteiger charge is 2.25. The SMILES string of the molecule is Cc1cnc(ONC(Cc2ccccc2)C(=O)C(N)=O)n1-c1ccccn1. The van der Waals surface area contributed by atoms with Gasteiger partial charge in [-0.15, -0.1) is 5.48 Å². The van der Waals surface area contributed by atoms with E-state index in [0.717, 1.165) is 11.3 Å². The molecule has 1 amide bonds. The predicted molar refractivity (Wildman–Crippen MR) is 98.0 cm³/mol. The number of hydroxylamine groups is 1. The van der Waals surface area contributed by atoms with Crippen molar-refractivity contribution >= 4 is 11.7 Å². The number of hydrogen-bond acceptors (Lipinski definition) is 6. The average Bonchev–Trinajstić information content (AvgIpc) is 3.06. The molecule has 3 aromatic rings. The number of pyridine rings is 1. The number of rotatable bonds is 8. The van der Waals surface area contributed by atoms with E-state index in [-0.39, 0.29) is 12.4 Å². The number of aryl methyl sites for hydroxylation is 1. The molecule has 0 aliphatic rings. The minimum Gasteiger partial charge on any atom is -0.369 e. The monoisotopic (exact) mass is 365 g/mol. The number of imidazole rings is 1. The zero-order chi connectivity index (χ0) is 19.2. The third-order valence-corrected chi connectivity index (χ3v) is 3.92. The summed E-state index contributed by atoms with van der Waals surface area (Å²) in [5.74, 6) is -1.19. The van der Waals surface area contributed by atoms with Gasteiger partial charge in [0.05, 0.1) is 6.20 Å². The van der Waals surface area contributed by atoms with E-state index in [0.29, 0.717) is 5.82 Å². The smallest absolute Gasteiger partial charge is 0.322 e. The van der Waals surface area contributed by atoms with Crippen LogP contribution in [-0.4, -0.2) is 32.3 Å². The Balaban J connectivity index is 1.80. The second-order valence-electron chi connectivity index (χ2n) is 5.90. The van der Waals surface area contributed by atoms with Crippen molar-refractivity contribution in [2.24, 2.45) is 5.73 Å². The topological polar surface area (TPSA) is 112 Å². The third kappa shape index (κ3) is 4.36. The fraction of sp³-hybridized carbons (Fsp3) is 0.158. The number of benzene rings is 1. The standard InChI is InChI=1S/C19H19N5O3/c1-13-12-22-19(24(13)16-9-5-6-10-21-16)27-23-15(17(25)18(20)26)11-14-7-3-2-4-8-14/h2-10,12,15,23H,11H2,1H3,(H2,20,26). The number of carbonyl (C=O) groups is 2. The van der Waals surface area contributed by atoms with E-state index in [9.17, 15) is 9.59 Å². The Labute approximate surface area is 156 Å². The number of Topliss-reactive ketones (excluding diaryl/α,β-unsaturated/α-hetero) is 1. The first-order valence-electron chi connectivity index (χ1n) is 8.32. The molecule has 3 rings (SSSR count). The van der Waals surface area contributed by atoms with Crippen LogP contribution in [0.1, 0.15) is 11.3 Å². The molecule has 3 N–H and O–H groups in total. The van der Waals surface area contributed by atoms with Crippen molar-refractivity contribution in [2.45, 2.75) is 19.4 Å². The molecule has 0 saturated heterocycles. The van der Waals surface area contributed by atoms with Crippen LogP contribution in [-0.2, 0) is 16.0 Å². The van der Waals surface area contributed by atoms with Gasteiger partial charge in [-0.25, -0.2) is 14.5 Å². The highest BCUT2D eigenvalue weighted by Crippen LogP contribution is 2.17. The third-order valence-electron chi connectivity index (χ3n) is 3.92. The van der Waals surface area contributed by atoms with Crippen molar-refractivity contribution in [3.8, 4) is 11.8 Å². The molecule has 0 saturated carbocycles. The molecule has 8 heteroatoms. The quantitative estimate of drug-likeness (QED) is 0.457. The Morgan fingerprint density at radius 2 is 1.89 bits per heavy atom. The number of hydrogen-bond donors (Lipinski definition) is 2. The van der Waals surface area contributed by atoms with Gasteiger partial charge in [-0.2, -0.15) is 0 Å². The summed E-state index contributed by atoms with van der Waals surface area (Å²) in [6.07, 6.45) is 3.51. The van der Waals surface area contributed by atoms with Crippen LogP contribution in [0.4, 0.5) is 0 Å².